The molecule has 0 fully saturated rings. The van der Waals surface area contributed by atoms with E-state index >= 15 is 0 Å². The van der Waals surface area contributed by atoms with Crippen molar-refractivity contribution < 1.29 is 27.9 Å². The lowest BCUT2D eigenvalue weighted by molar-refractivity contribution is -0.141. The third kappa shape index (κ3) is 5.61. The fourth-order valence-electron chi connectivity index (χ4n) is 2.52. The molecule has 4 nitrogen and oxygen atoms in total. The van der Waals surface area contributed by atoms with E-state index in [1.807, 2.05) is 19.1 Å². The summed E-state index contributed by atoms with van der Waals surface area (Å²) in [6.45, 7) is 1.88. The maximum Gasteiger partial charge on any atom is 0.416 e. The van der Waals surface area contributed by atoms with Crippen LogP contribution in [0.4, 0.5) is 13.2 Å². The minimum Gasteiger partial charge on any atom is -0.480 e. The number of benzene rings is 2. The van der Waals surface area contributed by atoms with Gasteiger partial charge in [-0.15, -0.1) is 0 Å². The first-order chi connectivity index (χ1) is 12.1. The Labute approximate surface area is 148 Å². The minimum absolute atomic E-state index is 0.121. The highest BCUT2D eigenvalue weighted by molar-refractivity contribution is 5.85. The Morgan fingerprint density at radius 3 is 2.27 bits per heavy atom. The van der Waals surface area contributed by atoms with Gasteiger partial charge in [0.05, 0.1) is 12.0 Å². The number of halogens is 3. The second-order valence-corrected chi connectivity index (χ2v) is 6.02. The van der Waals surface area contributed by atoms with Crippen molar-refractivity contribution in [3.8, 4) is 0 Å². The highest BCUT2D eigenvalue weighted by atomic mass is 19.4. The summed E-state index contributed by atoms with van der Waals surface area (Å²) in [5.74, 6) is -1.74. The van der Waals surface area contributed by atoms with Crippen LogP contribution in [0.1, 0.15) is 22.3 Å². The molecule has 0 aliphatic carbocycles. The molecule has 2 aromatic carbocycles. The topological polar surface area (TPSA) is 66.4 Å². The van der Waals surface area contributed by atoms with Gasteiger partial charge in [-0.2, -0.15) is 13.2 Å². The van der Waals surface area contributed by atoms with E-state index in [4.69, 9.17) is 0 Å². The average Bonchev–Trinajstić information content (AvgIpc) is 2.53. The molecule has 0 aliphatic rings. The van der Waals surface area contributed by atoms with Gasteiger partial charge < -0.3 is 10.4 Å². The molecule has 0 saturated heterocycles. The van der Waals surface area contributed by atoms with Gasteiger partial charge in [0.1, 0.15) is 6.04 Å². The van der Waals surface area contributed by atoms with E-state index in [-0.39, 0.29) is 12.8 Å². The fraction of sp³-hybridized carbons (Fsp3) is 0.263. The van der Waals surface area contributed by atoms with Crippen LogP contribution in [0.25, 0.3) is 0 Å². The van der Waals surface area contributed by atoms with Crippen LogP contribution in [-0.4, -0.2) is 23.0 Å². The van der Waals surface area contributed by atoms with Crippen LogP contribution >= 0.6 is 0 Å². The number of aryl methyl sites for hydroxylation is 1. The van der Waals surface area contributed by atoms with Gasteiger partial charge >= 0.3 is 12.1 Å². The van der Waals surface area contributed by atoms with Crippen LogP contribution in [-0.2, 0) is 28.6 Å². The molecule has 2 N–H and O–H groups in total. The average molecular weight is 365 g/mol. The number of carbonyl (C=O) groups excluding carboxylic acids is 1. The fourth-order valence-corrected chi connectivity index (χ4v) is 2.52. The van der Waals surface area contributed by atoms with Crippen molar-refractivity contribution in [2.45, 2.75) is 32.0 Å². The summed E-state index contributed by atoms with van der Waals surface area (Å²) in [4.78, 5) is 23.5. The molecule has 0 unspecified atom stereocenters. The normalized spacial score (nSPS) is 12.5. The SMILES string of the molecule is Cc1cccc(C[C@@H](NC(=O)Cc2ccc(C(F)(F)F)cc2)C(=O)O)c1. The van der Waals surface area contributed by atoms with Crippen molar-refractivity contribution >= 4 is 11.9 Å². The third-order valence-electron chi connectivity index (χ3n) is 3.80. The van der Waals surface area contributed by atoms with Gasteiger partial charge in [0.25, 0.3) is 0 Å². The van der Waals surface area contributed by atoms with Crippen molar-refractivity contribution in [2.24, 2.45) is 0 Å². The summed E-state index contributed by atoms with van der Waals surface area (Å²) in [5, 5.41) is 11.7. The first-order valence-corrected chi connectivity index (χ1v) is 7.89. The van der Waals surface area contributed by atoms with Gasteiger partial charge in [-0.3, -0.25) is 4.79 Å². The van der Waals surface area contributed by atoms with Crippen molar-refractivity contribution in [1.29, 1.82) is 0 Å². The Morgan fingerprint density at radius 2 is 1.73 bits per heavy atom. The largest absolute Gasteiger partial charge is 0.480 e. The van der Waals surface area contributed by atoms with Gasteiger partial charge in [-0.1, -0.05) is 42.0 Å². The van der Waals surface area contributed by atoms with E-state index in [9.17, 15) is 27.9 Å². The summed E-state index contributed by atoms with van der Waals surface area (Å²) in [6.07, 6.45) is -4.52. The standard InChI is InChI=1S/C19H18F3NO3/c1-12-3-2-4-14(9-12)10-16(18(25)26)23-17(24)11-13-5-7-15(8-6-13)19(20,21)22/h2-9,16H,10-11H2,1H3,(H,23,24)(H,25,26)/t16-/m1/s1. The molecule has 138 valence electrons. The number of hydrogen-bond donors (Lipinski definition) is 2. The van der Waals surface area contributed by atoms with E-state index in [0.717, 1.165) is 23.3 Å². The van der Waals surface area contributed by atoms with Crippen LogP contribution < -0.4 is 5.32 Å². The Bertz CT molecular complexity index is 785. The lowest BCUT2D eigenvalue weighted by Crippen LogP contribution is -2.43. The Kier molecular flexibility index (Phi) is 6.02. The molecule has 0 radical (unpaired) electrons. The van der Waals surface area contributed by atoms with Crippen LogP contribution in [0.2, 0.25) is 0 Å². The van der Waals surface area contributed by atoms with Crippen LogP contribution in [0.3, 0.4) is 0 Å². The van der Waals surface area contributed by atoms with E-state index in [1.54, 1.807) is 12.1 Å². The first kappa shape index (κ1) is 19.5. The summed E-state index contributed by atoms with van der Waals surface area (Å²) < 4.78 is 37.6. The summed E-state index contributed by atoms with van der Waals surface area (Å²) in [6, 6.07) is 10.4. The zero-order valence-electron chi connectivity index (χ0n) is 14.0. The Morgan fingerprint density at radius 1 is 1.08 bits per heavy atom. The third-order valence-corrected chi connectivity index (χ3v) is 3.80. The van der Waals surface area contributed by atoms with Crippen LogP contribution in [0.5, 0.6) is 0 Å². The van der Waals surface area contributed by atoms with Gasteiger partial charge in [-0.05, 0) is 30.2 Å². The molecular weight excluding hydrogens is 347 g/mol. The number of amides is 1. The minimum atomic E-state index is -4.44. The molecule has 0 aromatic heterocycles. The molecule has 0 spiro atoms. The van der Waals surface area contributed by atoms with Crippen LogP contribution in [0, 0.1) is 6.92 Å². The first-order valence-electron chi connectivity index (χ1n) is 7.89. The zero-order valence-corrected chi connectivity index (χ0v) is 14.0. The van der Waals surface area contributed by atoms with Gasteiger partial charge in [-0.25, -0.2) is 4.79 Å². The number of hydrogen-bond acceptors (Lipinski definition) is 2. The predicted molar refractivity (Wildman–Crippen MR) is 89.6 cm³/mol. The molecule has 2 aromatic rings. The van der Waals surface area contributed by atoms with Gasteiger partial charge in [0.2, 0.25) is 5.91 Å². The van der Waals surface area contributed by atoms with Crippen molar-refractivity contribution in [1.82, 2.24) is 5.32 Å². The number of nitrogens with one attached hydrogen (secondary N) is 1. The highest BCUT2D eigenvalue weighted by Crippen LogP contribution is 2.29. The molecule has 7 heteroatoms. The zero-order chi connectivity index (χ0) is 19.3. The Hall–Kier alpha value is -2.83. The number of rotatable bonds is 6. The smallest absolute Gasteiger partial charge is 0.416 e. The Balaban J connectivity index is 2.00. The molecule has 0 aliphatic heterocycles. The van der Waals surface area contributed by atoms with E-state index < -0.39 is 29.7 Å². The van der Waals surface area contributed by atoms with Crippen LogP contribution in [0.15, 0.2) is 48.5 Å². The van der Waals surface area contributed by atoms with E-state index in [1.165, 1.54) is 12.1 Å². The van der Waals surface area contributed by atoms with Crippen molar-refractivity contribution in [2.75, 3.05) is 0 Å². The molecule has 2 rings (SSSR count). The van der Waals surface area contributed by atoms with E-state index in [2.05, 4.69) is 5.32 Å². The van der Waals surface area contributed by atoms with Gasteiger partial charge in [0.15, 0.2) is 0 Å². The highest BCUT2D eigenvalue weighted by Gasteiger charge is 2.30. The number of carbonyl (C=O) groups is 2. The second-order valence-electron chi connectivity index (χ2n) is 6.02. The molecule has 1 amide bonds. The molecule has 1 atom stereocenters. The number of aliphatic carboxylic acids is 1. The monoisotopic (exact) mass is 365 g/mol. The second kappa shape index (κ2) is 8.03. The summed E-state index contributed by atoms with van der Waals surface area (Å²) in [5.41, 5.74) is 1.31. The molecule has 0 saturated carbocycles. The van der Waals surface area contributed by atoms with Gasteiger partial charge in [0, 0.05) is 6.42 Å². The molecule has 0 bridgehead atoms. The quantitative estimate of drug-likeness (QED) is 0.825. The van der Waals surface area contributed by atoms with Crippen molar-refractivity contribution in [3.63, 3.8) is 0 Å². The summed E-state index contributed by atoms with van der Waals surface area (Å²) >= 11 is 0. The maximum absolute atomic E-state index is 12.5. The lowest BCUT2D eigenvalue weighted by atomic mass is 10.0. The van der Waals surface area contributed by atoms with E-state index in [0.29, 0.717) is 5.56 Å². The molecule has 0 heterocycles. The number of carboxylic acid groups (broad SMARTS) is 1. The molecular formula is C19H18F3NO3. The maximum atomic E-state index is 12.5. The lowest BCUT2D eigenvalue weighted by Gasteiger charge is -2.15. The number of alkyl halides is 3. The predicted octanol–water partition coefficient (Wildman–Crippen LogP) is 3.37. The number of carboxylic acids is 1. The molecule has 26 heavy (non-hydrogen) atoms. The summed E-state index contributed by atoms with van der Waals surface area (Å²) in [7, 11) is 0. The van der Waals surface area contributed by atoms with Crippen molar-refractivity contribution in [3.05, 3.63) is 70.8 Å².